The van der Waals surface area contributed by atoms with Gasteiger partial charge in [-0.15, -0.1) is 0 Å². The van der Waals surface area contributed by atoms with Gasteiger partial charge in [-0.25, -0.2) is 4.39 Å². The third-order valence-corrected chi connectivity index (χ3v) is 3.10. The second kappa shape index (κ2) is 7.41. The summed E-state index contributed by atoms with van der Waals surface area (Å²) in [7, 11) is 0. The largest absolute Gasteiger partial charge is 0.328 e. The van der Waals surface area contributed by atoms with Crippen molar-refractivity contribution in [2.24, 2.45) is 5.73 Å². The van der Waals surface area contributed by atoms with Crippen LogP contribution in [0.2, 0.25) is 5.02 Å². The molecule has 0 aromatic heterocycles. The summed E-state index contributed by atoms with van der Waals surface area (Å²) in [6, 6.07) is 4.64. The number of rotatable bonds is 1. The number of carbonyl (C=O) groups is 1. The lowest BCUT2D eigenvalue weighted by Gasteiger charge is -2.15. The van der Waals surface area contributed by atoms with Gasteiger partial charge in [-0.1, -0.05) is 36.9 Å². The van der Waals surface area contributed by atoms with Crippen LogP contribution >= 0.6 is 11.6 Å². The van der Waals surface area contributed by atoms with E-state index >= 15 is 0 Å². The standard InChI is InChI=1S/C7H4ClFO.C6H13N/c8-6-2-1-3-7(9)5(6)4-10;7-6-4-2-1-3-5-6/h1-4H;6H,1-5,7H2. The van der Waals surface area contributed by atoms with Gasteiger partial charge in [0.15, 0.2) is 6.29 Å². The predicted octanol–water partition coefficient (Wildman–Crippen LogP) is 3.57. The highest BCUT2D eigenvalue weighted by Gasteiger charge is 2.06. The van der Waals surface area contributed by atoms with E-state index in [1.54, 1.807) is 0 Å². The molecule has 0 saturated heterocycles. The highest BCUT2D eigenvalue weighted by Crippen LogP contribution is 2.16. The molecule has 0 unspecified atom stereocenters. The van der Waals surface area contributed by atoms with Gasteiger partial charge >= 0.3 is 0 Å². The van der Waals surface area contributed by atoms with E-state index in [9.17, 15) is 9.18 Å². The molecule has 1 saturated carbocycles. The molecule has 4 heteroatoms. The van der Waals surface area contributed by atoms with Crippen molar-refractivity contribution < 1.29 is 9.18 Å². The fourth-order valence-corrected chi connectivity index (χ4v) is 1.97. The van der Waals surface area contributed by atoms with Crippen LogP contribution in [-0.4, -0.2) is 12.3 Å². The van der Waals surface area contributed by atoms with Crippen LogP contribution < -0.4 is 5.73 Å². The summed E-state index contributed by atoms with van der Waals surface area (Å²) in [5.74, 6) is -0.581. The van der Waals surface area contributed by atoms with Crippen LogP contribution in [0.25, 0.3) is 0 Å². The summed E-state index contributed by atoms with van der Waals surface area (Å²) < 4.78 is 12.5. The first-order valence-electron chi connectivity index (χ1n) is 5.80. The van der Waals surface area contributed by atoms with Crippen molar-refractivity contribution in [2.75, 3.05) is 0 Å². The molecular formula is C13H17ClFNO. The van der Waals surface area contributed by atoms with Gasteiger partial charge in [0.1, 0.15) is 5.82 Å². The topological polar surface area (TPSA) is 43.1 Å². The van der Waals surface area contributed by atoms with Crippen LogP contribution in [0.5, 0.6) is 0 Å². The molecule has 1 aromatic rings. The molecule has 0 heterocycles. The van der Waals surface area contributed by atoms with E-state index in [2.05, 4.69) is 0 Å². The Kier molecular flexibility index (Phi) is 6.16. The zero-order valence-corrected chi connectivity index (χ0v) is 10.4. The highest BCUT2D eigenvalue weighted by atomic mass is 35.5. The van der Waals surface area contributed by atoms with Crippen molar-refractivity contribution in [1.82, 2.24) is 0 Å². The average Bonchev–Trinajstić information content (AvgIpc) is 2.31. The smallest absolute Gasteiger partial charge is 0.154 e. The maximum Gasteiger partial charge on any atom is 0.154 e. The Morgan fingerprint density at radius 1 is 1.29 bits per heavy atom. The minimum atomic E-state index is -0.581. The number of hydrogen-bond acceptors (Lipinski definition) is 2. The van der Waals surface area contributed by atoms with Gasteiger partial charge in [0.05, 0.1) is 10.6 Å². The molecule has 2 nitrogen and oxygen atoms in total. The zero-order valence-electron chi connectivity index (χ0n) is 9.66. The summed E-state index contributed by atoms with van der Waals surface area (Å²) >= 11 is 5.46. The molecule has 1 aliphatic rings. The second-order valence-corrected chi connectivity index (χ2v) is 4.56. The van der Waals surface area contributed by atoms with Crippen molar-refractivity contribution in [2.45, 2.75) is 38.1 Å². The molecule has 0 atom stereocenters. The number of aldehydes is 1. The lowest BCUT2D eigenvalue weighted by atomic mass is 9.97. The first-order valence-corrected chi connectivity index (χ1v) is 6.17. The lowest BCUT2D eigenvalue weighted by Crippen LogP contribution is -2.22. The highest BCUT2D eigenvalue weighted by molar-refractivity contribution is 6.32. The molecule has 0 aliphatic heterocycles. The number of carbonyl (C=O) groups excluding carboxylic acids is 1. The van der Waals surface area contributed by atoms with Crippen LogP contribution in [0.4, 0.5) is 4.39 Å². The number of benzene rings is 1. The van der Waals surface area contributed by atoms with E-state index in [0.29, 0.717) is 12.3 Å². The van der Waals surface area contributed by atoms with Gasteiger partial charge in [-0.3, -0.25) is 4.79 Å². The maximum atomic E-state index is 12.5. The predicted molar refractivity (Wildman–Crippen MR) is 67.9 cm³/mol. The van der Waals surface area contributed by atoms with E-state index in [1.165, 1.54) is 50.3 Å². The molecule has 0 spiro atoms. The van der Waals surface area contributed by atoms with Gasteiger partial charge in [0.25, 0.3) is 0 Å². The average molecular weight is 258 g/mol. The lowest BCUT2D eigenvalue weighted by molar-refractivity contribution is 0.112. The SMILES string of the molecule is NC1CCCCC1.O=Cc1c(F)cccc1Cl. The fourth-order valence-electron chi connectivity index (χ4n) is 1.76. The summed E-state index contributed by atoms with van der Waals surface area (Å²) in [5.41, 5.74) is 5.56. The van der Waals surface area contributed by atoms with E-state index in [0.717, 1.165) is 0 Å². The van der Waals surface area contributed by atoms with Gasteiger partial charge in [-0.05, 0) is 25.0 Å². The van der Waals surface area contributed by atoms with Crippen LogP contribution in [0.3, 0.4) is 0 Å². The molecule has 1 fully saturated rings. The molecule has 17 heavy (non-hydrogen) atoms. The Morgan fingerprint density at radius 2 is 1.94 bits per heavy atom. The first kappa shape index (κ1) is 14.1. The quantitative estimate of drug-likeness (QED) is 0.782. The molecule has 0 radical (unpaired) electrons. The zero-order chi connectivity index (χ0) is 12.7. The molecule has 94 valence electrons. The minimum absolute atomic E-state index is 0.0795. The van der Waals surface area contributed by atoms with E-state index in [4.69, 9.17) is 17.3 Å². The molecule has 1 aliphatic carbocycles. The molecule has 1 aromatic carbocycles. The van der Waals surface area contributed by atoms with Crippen molar-refractivity contribution in [3.8, 4) is 0 Å². The second-order valence-electron chi connectivity index (χ2n) is 4.15. The van der Waals surface area contributed by atoms with Gasteiger partial charge < -0.3 is 5.73 Å². The summed E-state index contributed by atoms with van der Waals surface area (Å²) in [4.78, 5) is 10.1. The fraction of sp³-hybridized carbons (Fsp3) is 0.462. The Morgan fingerprint density at radius 3 is 2.29 bits per heavy atom. The first-order chi connectivity index (χ1) is 8.15. The van der Waals surface area contributed by atoms with Crippen molar-refractivity contribution in [3.63, 3.8) is 0 Å². The molecule has 2 rings (SSSR count). The number of halogens is 2. The van der Waals surface area contributed by atoms with Crippen molar-refractivity contribution >= 4 is 17.9 Å². The Bertz CT molecular complexity index is 344. The van der Waals surface area contributed by atoms with Crippen LogP contribution in [0.1, 0.15) is 42.5 Å². The van der Waals surface area contributed by atoms with Gasteiger partial charge in [0.2, 0.25) is 0 Å². The number of nitrogens with two attached hydrogens (primary N) is 1. The van der Waals surface area contributed by atoms with Crippen LogP contribution in [-0.2, 0) is 0 Å². The van der Waals surface area contributed by atoms with E-state index < -0.39 is 5.82 Å². The maximum absolute atomic E-state index is 12.5. The molecule has 0 amide bonds. The third kappa shape index (κ3) is 4.84. The molecular weight excluding hydrogens is 241 g/mol. The van der Waals surface area contributed by atoms with Crippen LogP contribution in [0.15, 0.2) is 18.2 Å². The monoisotopic (exact) mass is 257 g/mol. The third-order valence-electron chi connectivity index (χ3n) is 2.77. The van der Waals surface area contributed by atoms with Crippen molar-refractivity contribution in [1.29, 1.82) is 0 Å². The van der Waals surface area contributed by atoms with Crippen molar-refractivity contribution in [3.05, 3.63) is 34.6 Å². The minimum Gasteiger partial charge on any atom is -0.328 e. The Labute approximate surface area is 106 Å². The molecule has 0 bridgehead atoms. The summed E-state index contributed by atoms with van der Waals surface area (Å²) in [6.07, 6.45) is 7.06. The van der Waals surface area contributed by atoms with E-state index in [-0.39, 0.29) is 10.6 Å². The molecule has 2 N–H and O–H groups in total. The Balaban J connectivity index is 0.000000181. The van der Waals surface area contributed by atoms with Gasteiger partial charge in [-0.2, -0.15) is 0 Å². The van der Waals surface area contributed by atoms with E-state index in [1.807, 2.05) is 0 Å². The number of hydrogen-bond donors (Lipinski definition) is 1. The Hall–Kier alpha value is -0.930. The van der Waals surface area contributed by atoms with Gasteiger partial charge in [0, 0.05) is 6.04 Å². The normalized spacial score (nSPS) is 15.9. The van der Waals surface area contributed by atoms with Crippen LogP contribution in [0, 0.1) is 5.82 Å². The summed E-state index contributed by atoms with van der Waals surface area (Å²) in [6.45, 7) is 0. The summed E-state index contributed by atoms with van der Waals surface area (Å²) in [5, 5.41) is 0.148.